The molecule has 0 aromatic rings. The van der Waals surface area contributed by atoms with Crippen LogP contribution >= 0.6 is 0 Å². The van der Waals surface area contributed by atoms with E-state index >= 15 is 0 Å². The van der Waals surface area contributed by atoms with E-state index in [0.29, 0.717) is 0 Å². The normalized spacial score (nSPS) is 14.5. The molecule has 0 aromatic carbocycles. The topological polar surface area (TPSA) is 79.0 Å². The molecule has 0 spiro atoms. The molecule has 5 heteroatoms. The molecular formula is C6H7NO4. The van der Waals surface area contributed by atoms with Crippen molar-refractivity contribution in [1.29, 1.82) is 0 Å². The van der Waals surface area contributed by atoms with E-state index in [-0.39, 0.29) is 0 Å². The van der Waals surface area contributed by atoms with Crippen LogP contribution in [-0.4, -0.2) is 28.2 Å². The predicted octanol–water partition coefficient (Wildman–Crippen LogP) is 0.0796. The van der Waals surface area contributed by atoms with Gasteiger partial charge in [-0.15, -0.1) is 0 Å². The minimum Gasteiger partial charge on any atom is -0.481 e. The summed E-state index contributed by atoms with van der Waals surface area (Å²) < 4.78 is 0. The molecule has 0 saturated heterocycles. The number of hydrogen-bond acceptors (Lipinski definition) is 2. The Morgan fingerprint density at radius 3 is 1.91 bits per heavy atom. The molecule has 0 radical (unpaired) electrons. The van der Waals surface area contributed by atoms with Crippen LogP contribution in [0.2, 0.25) is 0 Å². The Bertz CT molecular complexity index is 217. The number of hydrogen-bond donors (Lipinski definition) is 2. The molecule has 0 bridgehead atoms. The molecule has 0 rings (SSSR count). The van der Waals surface area contributed by atoms with E-state index in [9.17, 15) is 9.59 Å². The zero-order chi connectivity index (χ0) is 9.02. The van der Waals surface area contributed by atoms with Gasteiger partial charge in [0.15, 0.2) is 0 Å². The second kappa shape index (κ2) is 3.56. The molecule has 2 atom stereocenters. The van der Waals surface area contributed by atoms with E-state index in [1.54, 1.807) is 0 Å². The van der Waals surface area contributed by atoms with Crippen molar-refractivity contribution >= 4 is 11.9 Å². The maximum absolute atomic E-state index is 10.2. The first kappa shape index (κ1) is 9.43. The molecule has 2 N–H and O–H groups in total. The lowest BCUT2D eigenvalue weighted by atomic mass is 10.0. The fraction of sp³-hybridized carbons (Fsp3) is 0.500. The minimum atomic E-state index is -1.48. The standard InChI is InChI=1S/C6H7NO4/c1-3(5(8)9)4(7-2)6(10)11/h3-4H,1H3,(H,8,9)(H,10,11). The fourth-order valence-corrected chi connectivity index (χ4v) is 0.516. The van der Waals surface area contributed by atoms with Gasteiger partial charge in [0.2, 0.25) is 0 Å². The van der Waals surface area contributed by atoms with Crippen molar-refractivity contribution in [2.45, 2.75) is 13.0 Å². The van der Waals surface area contributed by atoms with Crippen molar-refractivity contribution in [3.05, 3.63) is 11.4 Å². The Morgan fingerprint density at radius 1 is 1.36 bits per heavy atom. The summed E-state index contributed by atoms with van der Waals surface area (Å²) in [6, 6.07) is -1.48. The third-order valence-corrected chi connectivity index (χ3v) is 1.26. The Kier molecular flexibility index (Phi) is 3.05. The van der Waals surface area contributed by atoms with Crippen LogP contribution in [-0.2, 0) is 9.59 Å². The second-order valence-corrected chi connectivity index (χ2v) is 2.04. The van der Waals surface area contributed by atoms with Crippen molar-refractivity contribution < 1.29 is 19.8 Å². The van der Waals surface area contributed by atoms with E-state index in [0.717, 1.165) is 0 Å². The molecule has 0 aromatic heterocycles. The summed E-state index contributed by atoms with van der Waals surface area (Å²) in [5.41, 5.74) is 0. The van der Waals surface area contributed by atoms with E-state index in [2.05, 4.69) is 4.85 Å². The monoisotopic (exact) mass is 157 g/mol. The quantitative estimate of drug-likeness (QED) is 0.568. The summed E-state index contributed by atoms with van der Waals surface area (Å²) in [4.78, 5) is 23.1. The average molecular weight is 157 g/mol. The van der Waals surface area contributed by atoms with Crippen molar-refractivity contribution in [3.8, 4) is 0 Å². The minimum absolute atomic E-state index is 1.16. The number of rotatable bonds is 3. The maximum Gasteiger partial charge on any atom is 0.388 e. The zero-order valence-electron chi connectivity index (χ0n) is 5.81. The molecule has 0 fully saturated rings. The highest BCUT2D eigenvalue weighted by molar-refractivity contribution is 5.83. The van der Waals surface area contributed by atoms with Crippen LogP contribution in [0.3, 0.4) is 0 Å². The molecular weight excluding hydrogens is 150 g/mol. The van der Waals surface area contributed by atoms with Gasteiger partial charge in [-0.1, -0.05) is 0 Å². The van der Waals surface area contributed by atoms with Gasteiger partial charge in [0.25, 0.3) is 0 Å². The van der Waals surface area contributed by atoms with Gasteiger partial charge in [-0.05, 0) is 6.92 Å². The van der Waals surface area contributed by atoms with Gasteiger partial charge < -0.3 is 15.1 Å². The van der Waals surface area contributed by atoms with Crippen molar-refractivity contribution in [2.24, 2.45) is 5.92 Å². The summed E-state index contributed by atoms with van der Waals surface area (Å²) in [7, 11) is 0. The summed E-state index contributed by atoms with van der Waals surface area (Å²) in [5, 5.41) is 16.6. The molecule has 5 nitrogen and oxygen atoms in total. The van der Waals surface area contributed by atoms with Crippen LogP contribution in [0.25, 0.3) is 4.85 Å². The Balaban J connectivity index is 4.42. The second-order valence-electron chi connectivity index (χ2n) is 2.04. The van der Waals surface area contributed by atoms with Crippen LogP contribution in [0, 0.1) is 12.5 Å². The summed E-state index contributed by atoms with van der Waals surface area (Å²) in [6.45, 7) is 7.59. The first-order valence-electron chi connectivity index (χ1n) is 2.83. The lowest BCUT2D eigenvalue weighted by molar-refractivity contribution is -0.148. The van der Waals surface area contributed by atoms with Gasteiger partial charge in [0.1, 0.15) is 5.92 Å². The van der Waals surface area contributed by atoms with Gasteiger partial charge in [-0.2, -0.15) is 0 Å². The lowest BCUT2D eigenvalue weighted by Gasteiger charge is -2.03. The van der Waals surface area contributed by atoms with Gasteiger partial charge in [0.05, 0.1) is 0 Å². The first-order valence-corrected chi connectivity index (χ1v) is 2.83. The molecule has 2 unspecified atom stereocenters. The van der Waals surface area contributed by atoms with E-state index in [1.165, 1.54) is 6.92 Å². The SMILES string of the molecule is [C-]#[N+]C(C(=O)O)C(C)C(=O)O. The van der Waals surface area contributed by atoms with Gasteiger partial charge in [0, 0.05) is 0 Å². The van der Waals surface area contributed by atoms with Gasteiger partial charge in [-0.25, -0.2) is 11.4 Å². The third kappa shape index (κ3) is 2.26. The van der Waals surface area contributed by atoms with Crippen LogP contribution < -0.4 is 0 Å². The van der Waals surface area contributed by atoms with Gasteiger partial charge >= 0.3 is 18.0 Å². The molecule has 0 aliphatic carbocycles. The largest absolute Gasteiger partial charge is 0.481 e. The van der Waals surface area contributed by atoms with Crippen LogP contribution in [0.5, 0.6) is 0 Å². The highest BCUT2D eigenvalue weighted by atomic mass is 16.4. The zero-order valence-corrected chi connectivity index (χ0v) is 5.81. The maximum atomic E-state index is 10.2. The summed E-state index contributed by atoms with van der Waals surface area (Å²) in [5.74, 6) is -3.83. The molecule has 0 heterocycles. The first-order chi connectivity index (χ1) is 5.00. The molecule has 60 valence electrons. The van der Waals surface area contributed by atoms with Crippen molar-refractivity contribution in [3.63, 3.8) is 0 Å². The fourth-order valence-electron chi connectivity index (χ4n) is 0.516. The average Bonchev–Trinajstić information content (AvgIpc) is 1.88. The molecule has 0 amide bonds. The van der Waals surface area contributed by atoms with Gasteiger partial charge in [-0.3, -0.25) is 4.79 Å². The predicted molar refractivity (Wildman–Crippen MR) is 34.8 cm³/mol. The number of carboxylic acid groups (broad SMARTS) is 2. The Morgan fingerprint density at radius 2 is 1.82 bits per heavy atom. The van der Waals surface area contributed by atoms with Crippen molar-refractivity contribution in [2.75, 3.05) is 0 Å². The van der Waals surface area contributed by atoms with Crippen LogP contribution in [0.4, 0.5) is 0 Å². The smallest absolute Gasteiger partial charge is 0.388 e. The van der Waals surface area contributed by atoms with Crippen LogP contribution in [0.15, 0.2) is 0 Å². The number of aliphatic carboxylic acids is 2. The lowest BCUT2D eigenvalue weighted by Crippen LogP contribution is -2.29. The number of carboxylic acids is 2. The summed E-state index contributed by atoms with van der Waals surface area (Å²) >= 11 is 0. The highest BCUT2D eigenvalue weighted by Crippen LogP contribution is 2.07. The van der Waals surface area contributed by atoms with E-state index in [4.69, 9.17) is 16.8 Å². The molecule has 0 aliphatic heterocycles. The van der Waals surface area contributed by atoms with Crippen molar-refractivity contribution in [1.82, 2.24) is 0 Å². The molecule has 11 heavy (non-hydrogen) atoms. The number of nitrogens with zero attached hydrogens (tertiary/aromatic N) is 1. The summed E-state index contributed by atoms with van der Waals surface area (Å²) in [6.07, 6.45) is 0. The third-order valence-electron chi connectivity index (χ3n) is 1.26. The number of carbonyl (C=O) groups is 2. The Hall–Kier alpha value is -1.57. The highest BCUT2D eigenvalue weighted by Gasteiger charge is 2.35. The van der Waals surface area contributed by atoms with Crippen LogP contribution in [0.1, 0.15) is 6.92 Å². The molecule has 0 saturated carbocycles. The Labute approximate surface area is 63.1 Å². The molecule has 0 aliphatic rings. The van der Waals surface area contributed by atoms with E-state index < -0.39 is 23.9 Å². The van der Waals surface area contributed by atoms with E-state index in [1.807, 2.05) is 0 Å².